The van der Waals surface area contributed by atoms with Crippen LogP contribution in [-0.2, 0) is 6.61 Å². The fourth-order valence-electron chi connectivity index (χ4n) is 1.89. The van der Waals surface area contributed by atoms with Crippen molar-refractivity contribution in [3.8, 4) is 11.5 Å². The van der Waals surface area contributed by atoms with Gasteiger partial charge in [0.1, 0.15) is 17.3 Å². The largest absolute Gasteiger partial charge is 0.456 e. The van der Waals surface area contributed by atoms with E-state index in [1.54, 1.807) is 32.0 Å². The maximum Gasteiger partial charge on any atom is 0.141 e. The zero-order valence-corrected chi connectivity index (χ0v) is 12.3. The van der Waals surface area contributed by atoms with Crippen molar-refractivity contribution in [2.75, 3.05) is 0 Å². The molecule has 2 aromatic rings. The number of benzene rings is 2. The Bertz CT molecular complexity index is 588. The zero-order chi connectivity index (χ0) is 14.0. The lowest BCUT2D eigenvalue weighted by Gasteiger charge is -2.13. The van der Waals surface area contributed by atoms with Crippen molar-refractivity contribution in [1.29, 1.82) is 0 Å². The molecule has 0 aliphatic rings. The molecule has 100 valence electrons. The van der Waals surface area contributed by atoms with E-state index in [2.05, 4.69) is 15.9 Å². The van der Waals surface area contributed by atoms with Gasteiger partial charge in [0.25, 0.3) is 0 Å². The highest BCUT2D eigenvalue weighted by Crippen LogP contribution is 2.34. The summed E-state index contributed by atoms with van der Waals surface area (Å²) in [6.07, 6.45) is 0. The molecule has 0 radical (unpaired) electrons. The van der Waals surface area contributed by atoms with Gasteiger partial charge in [-0.05, 0) is 70.7 Å². The van der Waals surface area contributed by atoms with Gasteiger partial charge in [0.15, 0.2) is 0 Å². The second kappa shape index (κ2) is 5.72. The highest BCUT2D eigenvalue weighted by Gasteiger charge is 2.10. The third-order valence-electron chi connectivity index (χ3n) is 2.82. The number of aliphatic hydroxyl groups excluding tert-OH is 1. The molecule has 0 atom stereocenters. The van der Waals surface area contributed by atoms with Gasteiger partial charge in [-0.15, -0.1) is 0 Å². The average molecular weight is 325 g/mol. The zero-order valence-electron chi connectivity index (χ0n) is 10.7. The van der Waals surface area contributed by atoms with E-state index >= 15 is 0 Å². The summed E-state index contributed by atoms with van der Waals surface area (Å²) in [7, 11) is 0. The third kappa shape index (κ3) is 3.14. The number of aliphatic hydroxyl groups is 1. The van der Waals surface area contributed by atoms with E-state index in [1.807, 2.05) is 0 Å². The molecule has 0 saturated carbocycles. The number of halogens is 2. The lowest BCUT2D eigenvalue weighted by atomic mass is 10.1. The molecule has 2 nitrogen and oxygen atoms in total. The molecule has 0 saturated heterocycles. The van der Waals surface area contributed by atoms with Crippen molar-refractivity contribution in [3.05, 3.63) is 57.3 Å². The van der Waals surface area contributed by atoms with Crippen LogP contribution in [0.3, 0.4) is 0 Å². The number of ether oxygens (including phenoxy) is 1. The van der Waals surface area contributed by atoms with Gasteiger partial charge in [0.2, 0.25) is 0 Å². The normalized spacial score (nSPS) is 10.6. The molecular formula is C15H14BrFO2. The minimum absolute atomic E-state index is 0.0204. The Labute approximate surface area is 120 Å². The number of rotatable bonds is 3. The summed E-state index contributed by atoms with van der Waals surface area (Å²) >= 11 is 3.40. The summed E-state index contributed by atoms with van der Waals surface area (Å²) in [5.74, 6) is 1.02. The van der Waals surface area contributed by atoms with Gasteiger partial charge in [-0.25, -0.2) is 4.39 Å². The molecular weight excluding hydrogens is 311 g/mol. The lowest BCUT2D eigenvalue weighted by Crippen LogP contribution is -1.94. The molecule has 0 amide bonds. The third-order valence-corrected chi connectivity index (χ3v) is 3.44. The maximum absolute atomic E-state index is 13.2. The minimum Gasteiger partial charge on any atom is -0.456 e. The number of aryl methyl sites for hydroxylation is 2. The predicted molar refractivity (Wildman–Crippen MR) is 76.0 cm³/mol. The van der Waals surface area contributed by atoms with E-state index in [0.717, 1.165) is 21.2 Å². The Morgan fingerprint density at radius 2 is 1.79 bits per heavy atom. The first-order valence-corrected chi connectivity index (χ1v) is 6.64. The molecule has 0 bridgehead atoms. The fourth-order valence-corrected chi connectivity index (χ4v) is 2.40. The van der Waals surface area contributed by atoms with Crippen molar-refractivity contribution in [1.82, 2.24) is 0 Å². The van der Waals surface area contributed by atoms with Gasteiger partial charge in [-0.2, -0.15) is 0 Å². The molecule has 0 aromatic heterocycles. The Morgan fingerprint density at radius 3 is 2.32 bits per heavy atom. The monoisotopic (exact) mass is 324 g/mol. The van der Waals surface area contributed by atoms with E-state index < -0.39 is 0 Å². The van der Waals surface area contributed by atoms with E-state index in [-0.39, 0.29) is 12.4 Å². The highest BCUT2D eigenvalue weighted by molar-refractivity contribution is 9.10. The summed E-state index contributed by atoms with van der Waals surface area (Å²) in [5, 5.41) is 9.06. The molecule has 2 aromatic carbocycles. The van der Waals surface area contributed by atoms with Crippen LogP contribution in [-0.4, -0.2) is 5.11 Å². The molecule has 0 unspecified atom stereocenters. The maximum atomic E-state index is 13.2. The van der Waals surface area contributed by atoms with Crippen LogP contribution in [0.1, 0.15) is 16.7 Å². The first-order valence-electron chi connectivity index (χ1n) is 5.85. The van der Waals surface area contributed by atoms with Gasteiger partial charge in [-0.3, -0.25) is 0 Å². The van der Waals surface area contributed by atoms with Gasteiger partial charge < -0.3 is 9.84 Å². The first-order chi connectivity index (χ1) is 9.01. The standard InChI is InChI=1S/C15H14BrFO2/c1-9-5-12(17)6-10(2)15(9)19-14-4-3-11(8-18)7-13(14)16/h3-7,18H,8H2,1-2H3. The van der Waals surface area contributed by atoms with Gasteiger partial charge in [-0.1, -0.05) is 6.07 Å². The van der Waals surface area contributed by atoms with Crippen molar-refractivity contribution < 1.29 is 14.2 Å². The van der Waals surface area contributed by atoms with Gasteiger partial charge in [0.05, 0.1) is 11.1 Å². The molecule has 0 heterocycles. The Balaban J connectivity index is 2.36. The highest BCUT2D eigenvalue weighted by atomic mass is 79.9. The number of hydrogen-bond acceptors (Lipinski definition) is 2. The molecule has 0 aliphatic carbocycles. The van der Waals surface area contributed by atoms with Crippen molar-refractivity contribution >= 4 is 15.9 Å². The smallest absolute Gasteiger partial charge is 0.141 e. The topological polar surface area (TPSA) is 29.5 Å². The van der Waals surface area contributed by atoms with Crippen LogP contribution >= 0.6 is 15.9 Å². The van der Waals surface area contributed by atoms with Crippen LogP contribution in [0.15, 0.2) is 34.8 Å². The summed E-state index contributed by atoms with van der Waals surface area (Å²) in [5.41, 5.74) is 2.29. The SMILES string of the molecule is Cc1cc(F)cc(C)c1Oc1ccc(CO)cc1Br. The first kappa shape index (κ1) is 14.0. The molecule has 4 heteroatoms. The molecule has 2 rings (SSSR count). The molecule has 0 fully saturated rings. The van der Waals surface area contributed by atoms with E-state index in [9.17, 15) is 4.39 Å². The minimum atomic E-state index is -0.267. The molecule has 1 N–H and O–H groups in total. The van der Waals surface area contributed by atoms with Crippen molar-refractivity contribution in [2.24, 2.45) is 0 Å². The van der Waals surface area contributed by atoms with Crippen molar-refractivity contribution in [2.45, 2.75) is 20.5 Å². The van der Waals surface area contributed by atoms with Crippen LogP contribution < -0.4 is 4.74 Å². The predicted octanol–water partition coefficient (Wildman–Crippen LogP) is 4.49. The summed E-state index contributed by atoms with van der Waals surface area (Å²) in [4.78, 5) is 0. The Hall–Kier alpha value is -1.39. The van der Waals surface area contributed by atoms with E-state index in [4.69, 9.17) is 9.84 Å². The molecule has 0 spiro atoms. The Morgan fingerprint density at radius 1 is 1.16 bits per heavy atom. The quantitative estimate of drug-likeness (QED) is 0.901. The van der Waals surface area contributed by atoms with Gasteiger partial charge >= 0.3 is 0 Å². The average Bonchev–Trinajstić information content (AvgIpc) is 2.35. The summed E-state index contributed by atoms with van der Waals surface area (Å²) in [6, 6.07) is 8.24. The van der Waals surface area contributed by atoms with Crippen LogP contribution in [0.5, 0.6) is 11.5 Å². The van der Waals surface area contributed by atoms with E-state index in [1.165, 1.54) is 12.1 Å². The fraction of sp³-hybridized carbons (Fsp3) is 0.200. The van der Waals surface area contributed by atoms with Crippen LogP contribution in [0.2, 0.25) is 0 Å². The van der Waals surface area contributed by atoms with Crippen LogP contribution in [0.4, 0.5) is 4.39 Å². The summed E-state index contributed by atoms with van der Waals surface area (Å²) in [6.45, 7) is 3.59. The Kier molecular flexibility index (Phi) is 4.22. The number of hydrogen-bond donors (Lipinski definition) is 1. The van der Waals surface area contributed by atoms with Crippen molar-refractivity contribution in [3.63, 3.8) is 0 Å². The van der Waals surface area contributed by atoms with E-state index in [0.29, 0.717) is 11.5 Å². The van der Waals surface area contributed by atoms with Crippen LogP contribution in [0.25, 0.3) is 0 Å². The molecule has 0 aliphatic heterocycles. The van der Waals surface area contributed by atoms with Crippen LogP contribution in [0, 0.1) is 19.7 Å². The summed E-state index contributed by atoms with van der Waals surface area (Å²) < 4.78 is 19.8. The second-order valence-corrected chi connectivity index (χ2v) is 5.25. The van der Waals surface area contributed by atoms with Gasteiger partial charge in [0, 0.05) is 0 Å². The lowest BCUT2D eigenvalue weighted by molar-refractivity contribution is 0.281. The second-order valence-electron chi connectivity index (χ2n) is 4.39. The molecule has 19 heavy (non-hydrogen) atoms.